The molecule has 4 heteroatoms. The van der Waals surface area contributed by atoms with Gasteiger partial charge in [0.1, 0.15) is 0 Å². The van der Waals surface area contributed by atoms with Gasteiger partial charge in [-0.15, -0.1) is 0 Å². The monoisotopic (exact) mass is 231 g/mol. The van der Waals surface area contributed by atoms with Crippen LogP contribution in [0.5, 0.6) is 0 Å². The molecule has 0 bridgehead atoms. The van der Waals surface area contributed by atoms with Crippen LogP contribution in [0.3, 0.4) is 0 Å². The Morgan fingerprint density at radius 1 is 1.31 bits per heavy atom. The van der Waals surface area contributed by atoms with Gasteiger partial charge in [-0.2, -0.15) is 0 Å². The maximum absolute atomic E-state index is 5.52. The van der Waals surface area contributed by atoms with E-state index < -0.39 is 0 Å². The van der Waals surface area contributed by atoms with Gasteiger partial charge in [0.25, 0.3) is 0 Å². The highest BCUT2D eigenvalue weighted by Gasteiger charge is 2.24. The van der Waals surface area contributed by atoms with Crippen LogP contribution in [0.4, 0.5) is 0 Å². The van der Waals surface area contributed by atoms with Crippen LogP contribution in [0.1, 0.15) is 19.8 Å². The molecule has 0 aliphatic carbocycles. The maximum atomic E-state index is 5.52. The molecular formula is C12H25NO3. The summed E-state index contributed by atoms with van der Waals surface area (Å²) in [6, 6.07) is 0.602. The summed E-state index contributed by atoms with van der Waals surface area (Å²) in [5.41, 5.74) is 0. The van der Waals surface area contributed by atoms with Gasteiger partial charge >= 0.3 is 0 Å². The summed E-state index contributed by atoms with van der Waals surface area (Å²) in [5, 5.41) is 3.53. The van der Waals surface area contributed by atoms with E-state index in [0.717, 1.165) is 39.2 Å². The Kier molecular flexibility index (Phi) is 7.76. The molecule has 1 aliphatic rings. The first-order chi connectivity index (χ1) is 7.88. The smallest absolute Gasteiger partial charge is 0.0700 e. The standard InChI is InChI=1S/C12H25NO3/c1-3-13-12-5-7-16-10-11(12)4-6-15-9-8-14-2/h11-13H,3-10H2,1-2H3. The Morgan fingerprint density at radius 2 is 2.19 bits per heavy atom. The first kappa shape index (κ1) is 13.9. The lowest BCUT2D eigenvalue weighted by molar-refractivity contribution is 0.00818. The molecule has 0 aromatic carbocycles. The Balaban J connectivity index is 2.11. The Labute approximate surface area is 98.6 Å². The number of nitrogens with one attached hydrogen (secondary N) is 1. The molecule has 0 radical (unpaired) electrons. The van der Waals surface area contributed by atoms with E-state index in [1.807, 2.05) is 0 Å². The second-order valence-electron chi connectivity index (χ2n) is 4.18. The van der Waals surface area contributed by atoms with E-state index >= 15 is 0 Å². The van der Waals surface area contributed by atoms with Crippen molar-refractivity contribution in [2.24, 2.45) is 5.92 Å². The number of rotatable bonds is 8. The third kappa shape index (κ3) is 5.25. The summed E-state index contributed by atoms with van der Waals surface area (Å²) in [5.74, 6) is 0.594. The van der Waals surface area contributed by atoms with Crippen molar-refractivity contribution in [1.29, 1.82) is 0 Å². The predicted octanol–water partition coefficient (Wildman–Crippen LogP) is 1.05. The van der Waals surface area contributed by atoms with Crippen molar-refractivity contribution in [1.82, 2.24) is 5.32 Å². The molecule has 2 unspecified atom stereocenters. The summed E-state index contributed by atoms with van der Waals surface area (Å²) < 4.78 is 15.9. The van der Waals surface area contributed by atoms with Crippen molar-refractivity contribution >= 4 is 0 Å². The minimum absolute atomic E-state index is 0.594. The van der Waals surface area contributed by atoms with Crippen molar-refractivity contribution in [3.05, 3.63) is 0 Å². The molecule has 0 saturated carbocycles. The molecule has 0 spiro atoms. The molecule has 1 aliphatic heterocycles. The van der Waals surface area contributed by atoms with Crippen LogP contribution in [0.15, 0.2) is 0 Å². The summed E-state index contributed by atoms with van der Waals surface area (Å²) in [6.45, 7) is 7.12. The summed E-state index contributed by atoms with van der Waals surface area (Å²) in [7, 11) is 1.69. The minimum Gasteiger partial charge on any atom is -0.382 e. The van der Waals surface area contributed by atoms with Crippen molar-refractivity contribution in [3.8, 4) is 0 Å². The molecule has 1 heterocycles. The van der Waals surface area contributed by atoms with Crippen molar-refractivity contribution in [3.63, 3.8) is 0 Å². The normalized spacial score (nSPS) is 25.9. The van der Waals surface area contributed by atoms with E-state index in [2.05, 4.69) is 12.2 Å². The molecular weight excluding hydrogens is 206 g/mol. The average Bonchev–Trinajstić information content (AvgIpc) is 2.31. The van der Waals surface area contributed by atoms with E-state index in [1.165, 1.54) is 0 Å². The first-order valence-corrected chi connectivity index (χ1v) is 6.26. The van der Waals surface area contributed by atoms with Crippen molar-refractivity contribution < 1.29 is 14.2 Å². The van der Waals surface area contributed by atoms with Gasteiger partial charge in [-0.3, -0.25) is 0 Å². The molecule has 0 amide bonds. The molecule has 1 saturated heterocycles. The van der Waals surface area contributed by atoms with Crippen LogP contribution < -0.4 is 5.32 Å². The fourth-order valence-electron chi connectivity index (χ4n) is 2.09. The largest absolute Gasteiger partial charge is 0.382 e. The second kappa shape index (κ2) is 8.93. The first-order valence-electron chi connectivity index (χ1n) is 6.26. The number of methoxy groups -OCH3 is 1. The van der Waals surface area contributed by atoms with Gasteiger partial charge in [-0.05, 0) is 25.3 Å². The van der Waals surface area contributed by atoms with Crippen LogP contribution in [-0.2, 0) is 14.2 Å². The fourth-order valence-corrected chi connectivity index (χ4v) is 2.09. The van der Waals surface area contributed by atoms with Gasteiger partial charge in [-0.1, -0.05) is 6.92 Å². The zero-order valence-corrected chi connectivity index (χ0v) is 10.5. The summed E-state index contributed by atoms with van der Waals surface area (Å²) >= 11 is 0. The predicted molar refractivity (Wildman–Crippen MR) is 63.7 cm³/mol. The van der Waals surface area contributed by atoms with Crippen LogP contribution >= 0.6 is 0 Å². The SMILES string of the molecule is CCNC1CCOCC1CCOCCOC. The molecule has 16 heavy (non-hydrogen) atoms. The average molecular weight is 231 g/mol. The van der Waals surface area contributed by atoms with E-state index in [1.54, 1.807) is 7.11 Å². The van der Waals surface area contributed by atoms with Gasteiger partial charge in [0, 0.05) is 26.4 Å². The van der Waals surface area contributed by atoms with Crippen LogP contribution in [0.25, 0.3) is 0 Å². The number of hydrogen-bond donors (Lipinski definition) is 1. The van der Waals surface area contributed by atoms with E-state index in [9.17, 15) is 0 Å². The van der Waals surface area contributed by atoms with Crippen LogP contribution in [0, 0.1) is 5.92 Å². The lowest BCUT2D eigenvalue weighted by atomic mass is 9.93. The molecule has 96 valence electrons. The second-order valence-corrected chi connectivity index (χ2v) is 4.18. The molecule has 1 rings (SSSR count). The molecule has 1 fully saturated rings. The minimum atomic E-state index is 0.594. The Morgan fingerprint density at radius 3 is 2.94 bits per heavy atom. The van der Waals surface area contributed by atoms with Gasteiger partial charge in [-0.25, -0.2) is 0 Å². The fraction of sp³-hybridized carbons (Fsp3) is 1.00. The summed E-state index contributed by atoms with van der Waals surface area (Å²) in [4.78, 5) is 0. The lowest BCUT2D eigenvalue weighted by Gasteiger charge is -2.32. The van der Waals surface area contributed by atoms with Crippen molar-refractivity contribution in [2.45, 2.75) is 25.8 Å². The molecule has 0 aromatic rings. The highest BCUT2D eigenvalue weighted by molar-refractivity contribution is 4.79. The highest BCUT2D eigenvalue weighted by Crippen LogP contribution is 2.18. The number of ether oxygens (including phenoxy) is 3. The zero-order chi connectivity index (χ0) is 11.6. The van der Waals surface area contributed by atoms with Crippen LogP contribution in [0.2, 0.25) is 0 Å². The van der Waals surface area contributed by atoms with Crippen molar-refractivity contribution in [2.75, 3.05) is 46.7 Å². The van der Waals surface area contributed by atoms with E-state index in [0.29, 0.717) is 25.2 Å². The third-order valence-corrected chi connectivity index (χ3v) is 3.01. The van der Waals surface area contributed by atoms with Crippen LogP contribution in [-0.4, -0.2) is 52.7 Å². The zero-order valence-electron chi connectivity index (χ0n) is 10.5. The van der Waals surface area contributed by atoms with Gasteiger partial charge < -0.3 is 19.5 Å². The topological polar surface area (TPSA) is 39.7 Å². The Hall–Kier alpha value is -0.160. The number of hydrogen-bond acceptors (Lipinski definition) is 4. The van der Waals surface area contributed by atoms with Gasteiger partial charge in [0.05, 0.1) is 19.8 Å². The molecule has 2 atom stereocenters. The molecule has 0 aromatic heterocycles. The molecule has 1 N–H and O–H groups in total. The quantitative estimate of drug-likeness (QED) is 0.634. The van der Waals surface area contributed by atoms with Gasteiger partial charge in [0.2, 0.25) is 0 Å². The lowest BCUT2D eigenvalue weighted by Crippen LogP contribution is -2.43. The Bertz CT molecular complexity index is 164. The highest BCUT2D eigenvalue weighted by atomic mass is 16.5. The maximum Gasteiger partial charge on any atom is 0.0700 e. The third-order valence-electron chi connectivity index (χ3n) is 3.01. The molecule has 4 nitrogen and oxygen atoms in total. The van der Waals surface area contributed by atoms with E-state index in [-0.39, 0.29) is 0 Å². The van der Waals surface area contributed by atoms with E-state index in [4.69, 9.17) is 14.2 Å². The summed E-state index contributed by atoms with van der Waals surface area (Å²) in [6.07, 6.45) is 2.19. The van der Waals surface area contributed by atoms with Gasteiger partial charge in [0.15, 0.2) is 0 Å².